The molecule has 162 valence electrons. The Kier molecular flexibility index (Phi) is 6.34. The SMILES string of the molecule is Cc1cc(NC(=O)c2ccco2)sc1C(=O)NCc1ccc(N2CCN(C)CC2)nc1. The van der Waals surface area contributed by atoms with E-state index in [1.54, 1.807) is 18.2 Å². The van der Waals surface area contributed by atoms with Gasteiger partial charge in [-0.05, 0) is 49.4 Å². The molecule has 0 unspecified atom stereocenters. The van der Waals surface area contributed by atoms with Crippen LogP contribution in [0.2, 0.25) is 0 Å². The summed E-state index contributed by atoms with van der Waals surface area (Å²) in [5.74, 6) is 0.674. The van der Waals surface area contributed by atoms with Gasteiger partial charge in [-0.2, -0.15) is 0 Å². The first-order valence-corrected chi connectivity index (χ1v) is 10.9. The molecule has 3 aromatic heterocycles. The molecule has 2 amide bonds. The number of aryl methyl sites for hydroxylation is 1. The molecule has 0 bridgehead atoms. The number of nitrogens with zero attached hydrogens (tertiary/aromatic N) is 3. The number of thiophene rings is 1. The lowest BCUT2D eigenvalue weighted by atomic mass is 10.2. The van der Waals surface area contributed by atoms with Crippen LogP contribution in [0.25, 0.3) is 0 Å². The normalized spacial score (nSPS) is 14.5. The minimum absolute atomic E-state index is 0.177. The maximum absolute atomic E-state index is 12.6. The van der Waals surface area contributed by atoms with Gasteiger partial charge in [0.1, 0.15) is 5.82 Å². The average molecular weight is 440 g/mol. The van der Waals surface area contributed by atoms with E-state index in [-0.39, 0.29) is 17.6 Å². The minimum atomic E-state index is -0.343. The Morgan fingerprint density at radius 2 is 1.97 bits per heavy atom. The molecule has 0 aliphatic carbocycles. The predicted octanol–water partition coefficient (Wildman–Crippen LogP) is 2.98. The van der Waals surface area contributed by atoms with Gasteiger partial charge in [-0.25, -0.2) is 4.98 Å². The van der Waals surface area contributed by atoms with Crippen LogP contribution in [0.4, 0.5) is 10.8 Å². The zero-order valence-corrected chi connectivity index (χ0v) is 18.4. The molecule has 0 saturated carbocycles. The van der Waals surface area contributed by atoms with Crippen LogP contribution in [-0.2, 0) is 6.54 Å². The second-order valence-corrected chi connectivity index (χ2v) is 8.60. The van der Waals surface area contributed by atoms with Gasteiger partial charge in [0.25, 0.3) is 11.8 Å². The van der Waals surface area contributed by atoms with Crippen LogP contribution in [0.3, 0.4) is 0 Å². The highest BCUT2D eigenvalue weighted by Crippen LogP contribution is 2.27. The van der Waals surface area contributed by atoms with E-state index in [4.69, 9.17) is 4.42 Å². The van der Waals surface area contributed by atoms with Crippen molar-refractivity contribution in [1.82, 2.24) is 15.2 Å². The molecule has 0 aromatic carbocycles. The lowest BCUT2D eigenvalue weighted by molar-refractivity contribution is 0.0953. The number of hydrogen-bond acceptors (Lipinski definition) is 7. The van der Waals surface area contributed by atoms with Crippen molar-refractivity contribution in [3.05, 3.63) is 64.6 Å². The largest absolute Gasteiger partial charge is 0.459 e. The Bertz CT molecular complexity index is 1040. The Morgan fingerprint density at radius 1 is 1.16 bits per heavy atom. The van der Waals surface area contributed by atoms with E-state index in [1.807, 2.05) is 25.3 Å². The van der Waals surface area contributed by atoms with Crippen molar-refractivity contribution in [2.45, 2.75) is 13.5 Å². The third-order valence-electron chi connectivity index (χ3n) is 5.20. The van der Waals surface area contributed by atoms with E-state index in [9.17, 15) is 9.59 Å². The van der Waals surface area contributed by atoms with Gasteiger partial charge in [-0.15, -0.1) is 11.3 Å². The van der Waals surface area contributed by atoms with Crippen LogP contribution in [0.5, 0.6) is 0 Å². The van der Waals surface area contributed by atoms with Gasteiger partial charge >= 0.3 is 0 Å². The molecular formula is C22H25N5O3S. The molecule has 31 heavy (non-hydrogen) atoms. The van der Waals surface area contributed by atoms with Gasteiger partial charge in [0.05, 0.1) is 16.1 Å². The summed E-state index contributed by atoms with van der Waals surface area (Å²) in [7, 11) is 2.13. The van der Waals surface area contributed by atoms with Crippen molar-refractivity contribution >= 4 is 34.0 Å². The van der Waals surface area contributed by atoms with Crippen molar-refractivity contribution in [2.75, 3.05) is 43.4 Å². The van der Waals surface area contributed by atoms with Gasteiger partial charge in [-0.3, -0.25) is 9.59 Å². The zero-order valence-electron chi connectivity index (χ0n) is 17.6. The summed E-state index contributed by atoms with van der Waals surface area (Å²) in [6.07, 6.45) is 3.25. The molecule has 3 aromatic rings. The number of carbonyl (C=O) groups is 2. The first kappa shape index (κ1) is 21.1. The molecule has 2 N–H and O–H groups in total. The monoisotopic (exact) mass is 439 g/mol. The molecule has 1 aliphatic heterocycles. The number of likely N-dealkylation sites (N-methyl/N-ethyl adjacent to an activating group) is 1. The van der Waals surface area contributed by atoms with Crippen molar-refractivity contribution in [1.29, 1.82) is 0 Å². The van der Waals surface area contributed by atoms with Gasteiger partial charge in [-0.1, -0.05) is 6.07 Å². The summed E-state index contributed by atoms with van der Waals surface area (Å²) < 4.78 is 5.09. The Labute approximate surface area is 184 Å². The Hall–Kier alpha value is -3.17. The van der Waals surface area contributed by atoms with Gasteiger partial charge < -0.3 is 24.9 Å². The minimum Gasteiger partial charge on any atom is -0.459 e. The molecule has 8 nitrogen and oxygen atoms in total. The van der Waals surface area contributed by atoms with Gasteiger partial charge in [0, 0.05) is 38.9 Å². The third-order valence-corrected chi connectivity index (χ3v) is 6.35. The molecule has 1 fully saturated rings. The van der Waals surface area contributed by atoms with Crippen molar-refractivity contribution < 1.29 is 14.0 Å². The number of carbonyl (C=O) groups excluding carboxylic acids is 2. The quantitative estimate of drug-likeness (QED) is 0.614. The number of piperazine rings is 1. The first-order chi connectivity index (χ1) is 15.0. The van der Waals surface area contributed by atoms with E-state index in [1.165, 1.54) is 17.6 Å². The maximum Gasteiger partial charge on any atom is 0.291 e. The molecule has 1 aliphatic rings. The number of aromatic nitrogens is 1. The maximum atomic E-state index is 12.6. The molecule has 1 saturated heterocycles. The van der Waals surface area contributed by atoms with Crippen molar-refractivity contribution in [3.63, 3.8) is 0 Å². The number of anilines is 2. The topological polar surface area (TPSA) is 90.7 Å². The molecular weight excluding hydrogens is 414 g/mol. The lowest BCUT2D eigenvalue weighted by Gasteiger charge is -2.33. The van der Waals surface area contributed by atoms with Crippen LogP contribution in [0, 0.1) is 6.92 Å². The van der Waals surface area contributed by atoms with Crippen LogP contribution in [-0.4, -0.2) is 54.9 Å². The van der Waals surface area contributed by atoms with E-state index in [2.05, 4.69) is 32.5 Å². The fourth-order valence-corrected chi connectivity index (χ4v) is 4.34. The number of rotatable bonds is 6. The summed E-state index contributed by atoms with van der Waals surface area (Å²) in [4.78, 5) is 34.5. The molecule has 4 heterocycles. The molecule has 9 heteroatoms. The average Bonchev–Trinajstić information content (AvgIpc) is 3.43. The highest BCUT2D eigenvalue weighted by molar-refractivity contribution is 7.18. The van der Waals surface area contributed by atoms with Crippen molar-refractivity contribution in [3.8, 4) is 0 Å². The van der Waals surface area contributed by atoms with Crippen molar-refractivity contribution in [2.24, 2.45) is 0 Å². The third kappa shape index (κ3) is 5.12. The summed E-state index contributed by atoms with van der Waals surface area (Å²) in [5, 5.41) is 6.30. The Morgan fingerprint density at radius 3 is 2.65 bits per heavy atom. The Balaban J connectivity index is 1.32. The fourth-order valence-electron chi connectivity index (χ4n) is 3.36. The number of furan rings is 1. The summed E-state index contributed by atoms with van der Waals surface area (Å²) in [6, 6.07) is 9.03. The molecule has 0 radical (unpaired) electrons. The molecule has 0 atom stereocenters. The number of pyridine rings is 1. The van der Waals surface area contributed by atoms with Crippen LogP contribution < -0.4 is 15.5 Å². The smallest absolute Gasteiger partial charge is 0.291 e. The summed E-state index contributed by atoms with van der Waals surface area (Å²) in [5.41, 5.74) is 1.74. The second-order valence-electron chi connectivity index (χ2n) is 7.55. The van der Waals surface area contributed by atoms with E-state index < -0.39 is 0 Å². The van der Waals surface area contributed by atoms with Crippen LogP contribution in [0.15, 0.2) is 47.2 Å². The van der Waals surface area contributed by atoms with E-state index in [0.29, 0.717) is 16.4 Å². The van der Waals surface area contributed by atoms with Crippen LogP contribution >= 0.6 is 11.3 Å². The van der Waals surface area contributed by atoms with Crippen LogP contribution in [0.1, 0.15) is 31.4 Å². The van der Waals surface area contributed by atoms with Gasteiger partial charge in [0.2, 0.25) is 0 Å². The highest BCUT2D eigenvalue weighted by atomic mass is 32.1. The highest BCUT2D eigenvalue weighted by Gasteiger charge is 2.17. The standard InChI is InChI=1S/C22H25N5O3S/c1-15-12-19(25-21(28)17-4-3-11-30-17)31-20(15)22(29)24-14-16-5-6-18(23-13-16)27-9-7-26(2)8-10-27/h3-6,11-13H,7-10,14H2,1-2H3,(H,24,29)(H,25,28). The predicted molar refractivity (Wildman–Crippen MR) is 121 cm³/mol. The molecule has 4 rings (SSSR count). The number of amides is 2. The lowest BCUT2D eigenvalue weighted by Crippen LogP contribution is -2.44. The van der Waals surface area contributed by atoms with Gasteiger partial charge in [0.15, 0.2) is 5.76 Å². The summed E-state index contributed by atoms with van der Waals surface area (Å²) >= 11 is 1.24. The second kappa shape index (κ2) is 9.32. The fraction of sp³-hybridized carbons (Fsp3) is 0.318. The number of hydrogen-bond donors (Lipinski definition) is 2. The van der Waals surface area contributed by atoms with E-state index >= 15 is 0 Å². The van der Waals surface area contributed by atoms with E-state index in [0.717, 1.165) is 43.1 Å². The molecule has 0 spiro atoms. The zero-order chi connectivity index (χ0) is 21.8. The first-order valence-electron chi connectivity index (χ1n) is 10.1. The number of nitrogens with one attached hydrogen (secondary N) is 2. The summed E-state index contributed by atoms with van der Waals surface area (Å²) in [6.45, 7) is 6.24.